The van der Waals surface area contributed by atoms with E-state index in [-0.39, 0.29) is 0 Å². The predicted molar refractivity (Wildman–Crippen MR) is 73.6 cm³/mol. The minimum atomic E-state index is 0.456. The number of hydrogen-bond donors (Lipinski definition) is 1. The third-order valence-electron chi connectivity index (χ3n) is 2.31. The Morgan fingerprint density at radius 1 is 1.06 bits per heavy atom. The normalized spacial score (nSPS) is 11.3. The van der Waals surface area contributed by atoms with E-state index in [0.29, 0.717) is 5.17 Å². The second kappa shape index (κ2) is 5.51. The van der Waals surface area contributed by atoms with Gasteiger partial charge in [-0.3, -0.25) is 5.43 Å². The summed E-state index contributed by atoms with van der Waals surface area (Å²) < 4.78 is 0. The van der Waals surface area contributed by atoms with Gasteiger partial charge in [-0.05, 0) is 25.1 Å². The maximum absolute atomic E-state index is 6.12. The maximum atomic E-state index is 6.12. The van der Waals surface area contributed by atoms with Gasteiger partial charge in [0.25, 0.3) is 0 Å². The van der Waals surface area contributed by atoms with E-state index in [4.69, 9.17) is 11.6 Å². The molecule has 0 bridgehead atoms. The number of hydrogen-bond acceptors (Lipinski definition) is 2. The molecule has 0 spiro atoms. The van der Waals surface area contributed by atoms with Gasteiger partial charge >= 0.3 is 0 Å². The fourth-order valence-corrected chi connectivity index (χ4v) is 1.62. The van der Waals surface area contributed by atoms with Gasteiger partial charge in [-0.15, -0.1) is 0 Å². The van der Waals surface area contributed by atoms with Crippen molar-refractivity contribution in [1.29, 1.82) is 0 Å². The second-order valence-electron chi connectivity index (χ2n) is 3.75. The molecule has 0 fully saturated rings. The highest BCUT2D eigenvalue weighted by Gasteiger charge is 1.99. The molecule has 2 aromatic carbocycles. The van der Waals surface area contributed by atoms with Crippen LogP contribution in [0.5, 0.6) is 0 Å². The molecule has 0 unspecified atom stereocenters. The Bertz CT molecular complexity index is 521. The smallest absolute Gasteiger partial charge is 0.156 e. The molecule has 0 heterocycles. The quantitative estimate of drug-likeness (QED) is 0.640. The zero-order valence-electron chi connectivity index (χ0n) is 9.52. The molecule has 0 atom stereocenters. The third-order valence-corrected chi connectivity index (χ3v) is 2.62. The molecule has 3 heteroatoms. The van der Waals surface area contributed by atoms with Crippen molar-refractivity contribution in [2.75, 3.05) is 5.43 Å². The highest BCUT2D eigenvalue weighted by molar-refractivity contribution is 6.69. The van der Waals surface area contributed by atoms with E-state index >= 15 is 0 Å². The van der Waals surface area contributed by atoms with Crippen LogP contribution in [-0.2, 0) is 0 Å². The first-order valence-corrected chi connectivity index (χ1v) is 5.75. The van der Waals surface area contributed by atoms with Crippen LogP contribution in [0.4, 0.5) is 5.69 Å². The summed E-state index contributed by atoms with van der Waals surface area (Å²) in [6.45, 7) is 2.03. The largest absolute Gasteiger partial charge is 0.277 e. The SMILES string of the molecule is Cc1cccc(C(Cl)=NNc2ccccc2)c1. The Kier molecular flexibility index (Phi) is 3.78. The highest BCUT2D eigenvalue weighted by Crippen LogP contribution is 2.10. The van der Waals surface area contributed by atoms with Crippen LogP contribution in [0.1, 0.15) is 11.1 Å². The Hall–Kier alpha value is -1.80. The van der Waals surface area contributed by atoms with Crippen LogP contribution in [0.3, 0.4) is 0 Å². The molecule has 2 nitrogen and oxygen atoms in total. The molecular weight excluding hydrogens is 232 g/mol. The Balaban J connectivity index is 2.12. The van der Waals surface area contributed by atoms with E-state index in [1.807, 2.05) is 61.5 Å². The molecule has 2 rings (SSSR count). The molecule has 0 saturated heterocycles. The Morgan fingerprint density at radius 3 is 2.53 bits per heavy atom. The molecule has 0 aliphatic carbocycles. The fraction of sp³-hybridized carbons (Fsp3) is 0.0714. The van der Waals surface area contributed by atoms with Crippen LogP contribution < -0.4 is 5.43 Å². The lowest BCUT2D eigenvalue weighted by molar-refractivity contribution is 1.34. The van der Waals surface area contributed by atoms with Gasteiger partial charge in [-0.25, -0.2) is 0 Å². The zero-order valence-corrected chi connectivity index (χ0v) is 10.3. The number of anilines is 1. The van der Waals surface area contributed by atoms with Crippen molar-refractivity contribution >= 4 is 22.5 Å². The number of rotatable bonds is 3. The van der Waals surface area contributed by atoms with E-state index in [0.717, 1.165) is 16.8 Å². The summed E-state index contributed by atoms with van der Waals surface area (Å²) in [5.74, 6) is 0. The summed E-state index contributed by atoms with van der Waals surface area (Å²) >= 11 is 6.12. The number of halogens is 1. The number of nitrogens with one attached hydrogen (secondary N) is 1. The van der Waals surface area contributed by atoms with Gasteiger partial charge < -0.3 is 0 Å². The molecule has 0 aromatic heterocycles. The van der Waals surface area contributed by atoms with Crippen molar-refractivity contribution < 1.29 is 0 Å². The summed E-state index contributed by atoms with van der Waals surface area (Å²) in [6, 6.07) is 17.6. The van der Waals surface area contributed by atoms with Crippen LogP contribution in [0.15, 0.2) is 59.7 Å². The Morgan fingerprint density at radius 2 is 1.82 bits per heavy atom. The topological polar surface area (TPSA) is 24.4 Å². The van der Waals surface area contributed by atoms with E-state index in [1.54, 1.807) is 0 Å². The fourth-order valence-electron chi connectivity index (χ4n) is 1.46. The summed E-state index contributed by atoms with van der Waals surface area (Å²) in [5.41, 5.74) is 5.91. The predicted octanol–water partition coefficient (Wildman–Crippen LogP) is 4.01. The van der Waals surface area contributed by atoms with E-state index < -0.39 is 0 Å². The highest BCUT2D eigenvalue weighted by atomic mass is 35.5. The van der Waals surface area contributed by atoms with Gasteiger partial charge in [0.15, 0.2) is 5.17 Å². The summed E-state index contributed by atoms with van der Waals surface area (Å²) in [5, 5.41) is 4.59. The first kappa shape index (κ1) is 11.7. The standard InChI is InChI=1S/C14H13ClN2/c1-11-6-5-7-12(10-11)14(15)17-16-13-8-3-2-4-9-13/h2-10,16H,1H3. The zero-order chi connectivity index (χ0) is 12.1. The maximum Gasteiger partial charge on any atom is 0.156 e. The molecule has 2 aromatic rings. The summed E-state index contributed by atoms with van der Waals surface area (Å²) in [6.07, 6.45) is 0. The average molecular weight is 245 g/mol. The molecule has 0 aliphatic heterocycles. The number of aryl methyl sites for hydroxylation is 1. The van der Waals surface area contributed by atoms with E-state index in [9.17, 15) is 0 Å². The summed E-state index contributed by atoms with van der Waals surface area (Å²) in [7, 11) is 0. The van der Waals surface area contributed by atoms with Crippen molar-refractivity contribution in [3.8, 4) is 0 Å². The van der Waals surface area contributed by atoms with Crippen molar-refractivity contribution in [3.05, 3.63) is 65.7 Å². The second-order valence-corrected chi connectivity index (χ2v) is 4.11. The minimum absolute atomic E-state index is 0.456. The van der Waals surface area contributed by atoms with Crippen LogP contribution in [0.2, 0.25) is 0 Å². The number of hydrazone groups is 1. The molecule has 0 radical (unpaired) electrons. The lowest BCUT2D eigenvalue weighted by atomic mass is 10.1. The molecule has 0 aliphatic rings. The van der Waals surface area contributed by atoms with Crippen LogP contribution in [0, 0.1) is 6.92 Å². The van der Waals surface area contributed by atoms with Gasteiger partial charge in [0, 0.05) is 5.56 Å². The van der Waals surface area contributed by atoms with E-state index in [1.165, 1.54) is 0 Å². The number of benzene rings is 2. The van der Waals surface area contributed by atoms with Crippen molar-refractivity contribution in [1.82, 2.24) is 0 Å². The van der Waals surface area contributed by atoms with Gasteiger partial charge in [0.2, 0.25) is 0 Å². The van der Waals surface area contributed by atoms with Crippen LogP contribution in [-0.4, -0.2) is 5.17 Å². The van der Waals surface area contributed by atoms with Gasteiger partial charge in [0.05, 0.1) is 5.69 Å². The third kappa shape index (κ3) is 3.33. The molecule has 0 saturated carbocycles. The Labute approximate surface area is 106 Å². The minimum Gasteiger partial charge on any atom is -0.277 e. The first-order chi connectivity index (χ1) is 8.25. The van der Waals surface area contributed by atoms with Crippen molar-refractivity contribution in [2.45, 2.75) is 6.92 Å². The monoisotopic (exact) mass is 244 g/mol. The van der Waals surface area contributed by atoms with Crippen molar-refractivity contribution in [3.63, 3.8) is 0 Å². The molecule has 0 amide bonds. The average Bonchev–Trinajstić information content (AvgIpc) is 2.37. The van der Waals surface area contributed by atoms with Crippen LogP contribution in [0.25, 0.3) is 0 Å². The van der Waals surface area contributed by atoms with Crippen LogP contribution >= 0.6 is 11.6 Å². The van der Waals surface area contributed by atoms with Crippen molar-refractivity contribution in [2.24, 2.45) is 5.10 Å². The van der Waals surface area contributed by atoms with E-state index in [2.05, 4.69) is 10.5 Å². The molecule has 86 valence electrons. The molecule has 17 heavy (non-hydrogen) atoms. The van der Waals surface area contributed by atoms with Gasteiger partial charge in [0.1, 0.15) is 0 Å². The first-order valence-electron chi connectivity index (χ1n) is 5.37. The number of nitrogens with zero attached hydrogens (tertiary/aromatic N) is 1. The van der Waals surface area contributed by atoms with Gasteiger partial charge in [-0.1, -0.05) is 53.6 Å². The molecular formula is C14H13ClN2. The number of para-hydroxylation sites is 1. The lowest BCUT2D eigenvalue weighted by Gasteiger charge is -2.02. The lowest BCUT2D eigenvalue weighted by Crippen LogP contribution is -1.97. The molecule has 1 N–H and O–H groups in total. The summed E-state index contributed by atoms with van der Waals surface area (Å²) in [4.78, 5) is 0. The van der Waals surface area contributed by atoms with Gasteiger partial charge in [-0.2, -0.15) is 5.10 Å².